The summed E-state index contributed by atoms with van der Waals surface area (Å²) in [6, 6.07) is 5.15. The molecule has 19 heavy (non-hydrogen) atoms. The number of aliphatic carboxylic acids is 1. The lowest BCUT2D eigenvalue weighted by atomic mass is 10.1. The Kier molecular flexibility index (Phi) is 4.09. The summed E-state index contributed by atoms with van der Waals surface area (Å²) >= 11 is 3.33. The van der Waals surface area contributed by atoms with Gasteiger partial charge in [-0.05, 0) is 40.5 Å². The van der Waals surface area contributed by atoms with Gasteiger partial charge in [-0.2, -0.15) is 0 Å². The van der Waals surface area contributed by atoms with E-state index in [-0.39, 0.29) is 12.5 Å². The van der Waals surface area contributed by atoms with Crippen molar-refractivity contribution in [2.24, 2.45) is 5.92 Å². The van der Waals surface area contributed by atoms with Crippen LogP contribution in [0, 0.1) is 5.92 Å². The van der Waals surface area contributed by atoms with Crippen LogP contribution in [0.1, 0.15) is 16.8 Å². The maximum Gasteiger partial charge on any atom is 0.308 e. The van der Waals surface area contributed by atoms with E-state index in [0.29, 0.717) is 28.8 Å². The summed E-state index contributed by atoms with van der Waals surface area (Å²) < 4.78 is 5.77. The smallest absolute Gasteiger partial charge is 0.308 e. The van der Waals surface area contributed by atoms with Crippen molar-refractivity contribution in [3.8, 4) is 5.75 Å². The molecule has 0 bridgehead atoms. The van der Waals surface area contributed by atoms with Crippen LogP contribution in [0.15, 0.2) is 22.7 Å². The molecule has 1 atom stereocenters. The SMILES string of the molecule is COc1ccc(Br)c(C(=O)N2CC[C@@H](C(=O)O)C2)c1. The lowest BCUT2D eigenvalue weighted by Crippen LogP contribution is -2.30. The van der Waals surface area contributed by atoms with Crippen LogP contribution in [0.3, 0.4) is 0 Å². The molecule has 2 rings (SSSR count). The van der Waals surface area contributed by atoms with Gasteiger partial charge in [-0.3, -0.25) is 9.59 Å². The molecule has 1 fully saturated rings. The number of amides is 1. The first-order valence-electron chi connectivity index (χ1n) is 5.88. The van der Waals surface area contributed by atoms with Gasteiger partial charge in [0.25, 0.3) is 5.91 Å². The van der Waals surface area contributed by atoms with Crippen molar-refractivity contribution >= 4 is 27.8 Å². The summed E-state index contributed by atoms with van der Waals surface area (Å²) in [6.45, 7) is 0.733. The fourth-order valence-corrected chi connectivity index (χ4v) is 2.53. The molecule has 6 heteroatoms. The number of likely N-dealkylation sites (tertiary alicyclic amines) is 1. The summed E-state index contributed by atoms with van der Waals surface area (Å²) in [4.78, 5) is 24.8. The molecule has 5 nitrogen and oxygen atoms in total. The second kappa shape index (κ2) is 5.61. The van der Waals surface area contributed by atoms with Gasteiger partial charge in [-0.15, -0.1) is 0 Å². The second-order valence-corrected chi connectivity index (χ2v) is 5.28. The van der Waals surface area contributed by atoms with E-state index in [1.54, 1.807) is 23.1 Å². The Bertz CT molecular complexity index is 517. The molecule has 1 aromatic rings. The quantitative estimate of drug-likeness (QED) is 0.922. The minimum Gasteiger partial charge on any atom is -0.497 e. The molecule has 0 aliphatic carbocycles. The Balaban J connectivity index is 2.18. The molecular formula is C13H14BrNO4. The van der Waals surface area contributed by atoms with Gasteiger partial charge in [-0.1, -0.05) is 0 Å². The highest BCUT2D eigenvalue weighted by atomic mass is 79.9. The zero-order valence-corrected chi connectivity index (χ0v) is 12.0. The molecule has 1 saturated heterocycles. The van der Waals surface area contributed by atoms with Crippen molar-refractivity contribution in [3.05, 3.63) is 28.2 Å². The van der Waals surface area contributed by atoms with Gasteiger partial charge in [0, 0.05) is 17.6 Å². The van der Waals surface area contributed by atoms with E-state index < -0.39 is 11.9 Å². The van der Waals surface area contributed by atoms with Gasteiger partial charge in [0.1, 0.15) is 5.75 Å². The number of ether oxygens (including phenoxy) is 1. The molecule has 102 valence electrons. The van der Waals surface area contributed by atoms with Crippen LogP contribution in [0.5, 0.6) is 5.75 Å². The number of halogens is 1. The first-order chi connectivity index (χ1) is 9.02. The molecule has 1 amide bonds. The minimum atomic E-state index is -0.847. The number of carbonyl (C=O) groups excluding carboxylic acids is 1. The van der Waals surface area contributed by atoms with Crippen molar-refractivity contribution in [3.63, 3.8) is 0 Å². The zero-order chi connectivity index (χ0) is 14.0. The van der Waals surface area contributed by atoms with Crippen LogP contribution >= 0.6 is 15.9 Å². The lowest BCUT2D eigenvalue weighted by Gasteiger charge is -2.17. The highest BCUT2D eigenvalue weighted by Gasteiger charge is 2.31. The Morgan fingerprint density at radius 3 is 2.79 bits per heavy atom. The van der Waals surface area contributed by atoms with E-state index in [4.69, 9.17) is 9.84 Å². The fourth-order valence-electron chi connectivity index (χ4n) is 2.11. The van der Waals surface area contributed by atoms with Crippen molar-refractivity contribution in [2.45, 2.75) is 6.42 Å². The van der Waals surface area contributed by atoms with Crippen molar-refractivity contribution in [1.29, 1.82) is 0 Å². The molecule has 0 aromatic heterocycles. The van der Waals surface area contributed by atoms with Gasteiger partial charge < -0.3 is 14.7 Å². The van der Waals surface area contributed by atoms with Crippen molar-refractivity contribution in [1.82, 2.24) is 4.90 Å². The Morgan fingerprint density at radius 2 is 2.21 bits per heavy atom. The number of carboxylic acid groups (broad SMARTS) is 1. The molecule has 0 radical (unpaired) electrons. The van der Waals surface area contributed by atoms with Crippen molar-refractivity contribution < 1.29 is 19.4 Å². The van der Waals surface area contributed by atoms with Gasteiger partial charge in [-0.25, -0.2) is 0 Å². The van der Waals surface area contributed by atoms with Crippen LogP contribution in [-0.4, -0.2) is 42.1 Å². The standard InChI is InChI=1S/C13H14BrNO4/c1-19-9-2-3-11(14)10(6-9)12(16)15-5-4-8(7-15)13(17)18/h2-3,6,8H,4-5,7H2,1H3,(H,17,18)/t8-/m1/s1. The normalized spacial score (nSPS) is 18.4. The largest absolute Gasteiger partial charge is 0.497 e. The Hall–Kier alpha value is -1.56. The number of hydrogen-bond donors (Lipinski definition) is 1. The van der Waals surface area contributed by atoms with Crippen LogP contribution in [0.4, 0.5) is 0 Å². The first kappa shape index (κ1) is 13.9. The van der Waals surface area contributed by atoms with E-state index in [9.17, 15) is 9.59 Å². The summed E-state index contributed by atoms with van der Waals surface area (Å²) in [6.07, 6.45) is 0.503. The number of carbonyl (C=O) groups is 2. The minimum absolute atomic E-state index is 0.172. The van der Waals surface area contributed by atoms with Crippen LogP contribution in [0.25, 0.3) is 0 Å². The molecule has 1 aromatic carbocycles. The second-order valence-electron chi connectivity index (χ2n) is 4.42. The van der Waals surface area contributed by atoms with E-state index in [2.05, 4.69) is 15.9 Å². The number of benzene rings is 1. The van der Waals surface area contributed by atoms with Crippen molar-refractivity contribution in [2.75, 3.05) is 20.2 Å². The third kappa shape index (κ3) is 2.89. The summed E-state index contributed by atoms with van der Waals surface area (Å²) in [5.74, 6) is -0.886. The third-order valence-corrected chi connectivity index (χ3v) is 3.92. The summed E-state index contributed by atoms with van der Waals surface area (Å²) in [7, 11) is 1.54. The number of hydrogen-bond acceptors (Lipinski definition) is 3. The van der Waals surface area contributed by atoms with E-state index >= 15 is 0 Å². The number of methoxy groups -OCH3 is 1. The first-order valence-corrected chi connectivity index (χ1v) is 6.68. The summed E-state index contributed by atoms with van der Waals surface area (Å²) in [5, 5.41) is 8.95. The monoisotopic (exact) mass is 327 g/mol. The molecule has 1 aliphatic rings. The van der Waals surface area contributed by atoms with Crippen LogP contribution in [0.2, 0.25) is 0 Å². The van der Waals surface area contributed by atoms with Crippen LogP contribution in [-0.2, 0) is 4.79 Å². The van der Waals surface area contributed by atoms with E-state index in [1.165, 1.54) is 7.11 Å². The molecule has 1 aliphatic heterocycles. The predicted octanol–water partition coefficient (Wildman–Crippen LogP) is 2.00. The highest BCUT2D eigenvalue weighted by molar-refractivity contribution is 9.10. The Labute approximate surface area is 119 Å². The van der Waals surface area contributed by atoms with Gasteiger partial charge >= 0.3 is 5.97 Å². The molecule has 0 unspecified atom stereocenters. The Morgan fingerprint density at radius 1 is 1.47 bits per heavy atom. The number of nitrogens with zero attached hydrogens (tertiary/aromatic N) is 1. The maximum atomic E-state index is 12.4. The van der Waals surface area contributed by atoms with Gasteiger partial charge in [0.05, 0.1) is 18.6 Å². The topological polar surface area (TPSA) is 66.8 Å². The molecular weight excluding hydrogens is 314 g/mol. The molecule has 0 spiro atoms. The van der Waals surface area contributed by atoms with E-state index in [1.807, 2.05) is 0 Å². The van der Waals surface area contributed by atoms with E-state index in [0.717, 1.165) is 0 Å². The van der Waals surface area contributed by atoms with Gasteiger partial charge in [0.15, 0.2) is 0 Å². The van der Waals surface area contributed by atoms with Gasteiger partial charge in [0.2, 0.25) is 0 Å². The van der Waals surface area contributed by atoms with Crippen LogP contribution < -0.4 is 4.74 Å². The fraction of sp³-hybridized carbons (Fsp3) is 0.385. The maximum absolute atomic E-state index is 12.4. The highest BCUT2D eigenvalue weighted by Crippen LogP contribution is 2.26. The molecule has 0 saturated carbocycles. The predicted molar refractivity (Wildman–Crippen MR) is 72.3 cm³/mol. The molecule has 1 N–H and O–H groups in total. The number of rotatable bonds is 3. The average molecular weight is 328 g/mol. The molecule has 1 heterocycles. The lowest BCUT2D eigenvalue weighted by molar-refractivity contribution is -0.141. The average Bonchev–Trinajstić information content (AvgIpc) is 2.88. The zero-order valence-electron chi connectivity index (χ0n) is 10.4. The third-order valence-electron chi connectivity index (χ3n) is 3.23. The number of carboxylic acids is 1. The summed E-state index contributed by atoms with van der Waals surface area (Å²) in [5.41, 5.74) is 0.491.